The molecular formula is C15H12BrFN2O2S. The van der Waals surface area contributed by atoms with E-state index >= 15 is 0 Å². The van der Waals surface area contributed by atoms with Gasteiger partial charge in [-0.3, -0.25) is 14.3 Å². The SMILES string of the molecule is Cc1sc2[nH]c(=O)n(CCF)c(=O)c2c1-c1ccc(Br)cc1. The molecule has 1 aromatic carbocycles. The Kier molecular flexibility index (Phi) is 4.01. The number of hydrogen-bond donors (Lipinski definition) is 1. The summed E-state index contributed by atoms with van der Waals surface area (Å²) in [6, 6.07) is 7.60. The number of nitrogens with zero attached hydrogens (tertiary/aromatic N) is 1. The summed E-state index contributed by atoms with van der Waals surface area (Å²) in [6.45, 7) is 0.906. The van der Waals surface area contributed by atoms with Crippen molar-refractivity contribution in [2.75, 3.05) is 6.67 Å². The van der Waals surface area contributed by atoms with E-state index in [0.29, 0.717) is 10.2 Å². The van der Waals surface area contributed by atoms with Crippen LogP contribution in [0.5, 0.6) is 0 Å². The summed E-state index contributed by atoms with van der Waals surface area (Å²) in [5.74, 6) is 0. The predicted octanol–water partition coefficient (Wildman–Crippen LogP) is 3.46. The number of aryl methyl sites for hydroxylation is 1. The van der Waals surface area contributed by atoms with E-state index in [1.165, 1.54) is 11.3 Å². The van der Waals surface area contributed by atoms with Crippen LogP contribution in [0.2, 0.25) is 0 Å². The van der Waals surface area contributed by atoms with Gasteiger partial charge in [-0.2, -0.15) is 0 Å². The van der Waals surface area contributed by atoms with E-state index in [-0.39, 0.29) is 6.54 Å². The monoisotopic (exact) mass is 382 g/mol. The Bertz CT molecular complexity index is 957. The summed E-state index contributed by atoms with van der Waals surface area (Å²) in [6.07, 6.45) is 0. The van der Waals surface area contributed by atoms with Crippen molar-refractivity contribution >= 4 is 37.5 Å². The summed E-state index contributed by atoms with van der Waals surface area (Å²) in [5, 5.41) is 0.442. The van der Waals surface area contributed by atoms with Crippen molar-refractivity contribution in [2.24, 2.45) is 0 Å². The highest BCUT2D eigenvalue weighted by molar-refractivity contribution is 9.10. The van der Waals surface area contributed by atoms with Crippen LogP contribution >= 0.6 is 27.3 Å². The Morgan fingerprint density at radius 3 is 2.59 bits per heavy atom. The van der Waals surface area contributed by atoms with E-state index in [4.69, 9.17) is 0 Å². The lowest BCUT2D eigenvalue weighted by Crippen LogP contribution is -2.35. The second kappa shape index (κ2) is 5.81. The number of alkyl halides is 1. The molecule has 0 spiro atoms. The zero-order valence-electron chi connectivity index (χ0n) is 11.7. The smallest absolute Gasteiger partial charge is 0.298 e. The minimum atomic E-state index is -0.759. The molecule has 1 N–H and O–H groups in total. The molecule has 2 aromatic heterocycles. The van der Waals surface area contributed by atoms with Crippen molar-refractivity contribution in [3.63, 3.8) is 0 Å². The highest BCUT2D eigenvalue weighted by atomic mass is 79.9. The highest BCUT2D eigenvalue weighted by Crippen LogP contribution is 2.35. The first-order chi connectivity index (χ1) is 10.5. The molecule has 0 aliphatic heterocycles. The molecule has 0 radical (unpaired) electrons. The number of H-pyrrole nitrogens is 1. The van der Waals surface area contributed by atoms with Gasteiger partial charge >= 0.3 is 5.69 Å². The first-order valence-corrected chi connectivity index (χ1v) is 8.22. The number of fused-ring (bicyclic) bond motifs is 1. The van der Waals surface area contributed by atoms with E-state index in [1.807, 2.05) is 31.2 Å². The Balaban J connectivity index is 2.38. The molecule has 0 amide bonds. The van der Waals surface area contributed by atoms with Gasteiger partial charge in [0, 0.05) is 14.9 Å². The molecule has 0 unspecified atom stereocenters. The molecule has 2 heterocycles. The number of aromatic amines is 1. The van der Waals surface area contributed by atoms with Crippen molar-refractivity contribution in [1.82, 2.24) is 9.55 Å². The normalized spacial score (nSPS) is 11.2. The summed E-state index contributed by atoms with van der Waals surface area (Å²) in [5.41, 5.74) is 0.668. The quantitative estimate of drug-likeness (QED) is 0.753. The van der Waals surface area contributed by atoms with Gasteiger partial charge in [-0.25, -0.2) is 9.18 Å². The molecule has 7 heteroatoms. The summed E-state index contributed by atoms with van der Waals surface area (Å²) in [4.78, 5) is 28.6. The van der Waals surface area contributed by atoms with Crippen molar-refractivity contribution in [2.45, 2.75) is 13.5 Å². The van der Waals surface area contributed by atoms with Crippen LogP contribution in [0.4, 0.5) is 4.39 Å². The van der Waals surface area contributed by atoms with Crippen molar-refractivity contribution in [3.8, 4) is 11.1 Å². The number of nitrogens with one attached hydrogen (secondary N) is 1. The highest BCUT2D eigenvalue weighted by Gasteiger charge is 2.17. The molecule has 3 rings (SSSR count). The molecule has 4 nitrogen and oxygen atoms in total. The summed E-state index contributed by atoms with van der Waals surface area (Å²) in [7, 11) is 0. The zero-order valence-corrected chi connectivity index (χ0v) is 14.1. The Morgan fingerprint density at radius 1 is 1.27 bits per heavy atom. The maximum atomic E-state index is 12.6. The van der Waals surface area contributed by atoms with Crippen LogP contribution in [0.15, 0.2) is 38.3 Å². The fourth-order valence-electron chi connectivity index (χ4n) is 2.48. The van der Waals surface area contributed by atoms with Gasteiger partial charge in [0.1, 0.15) is 11.5 Å². The van der Waals surface area contributed by atoms with E-state index in [1.54, 1.807) is 0 Å². The van der Waals surface area contributed by atoms with Gasteiger partial charge in [-0.1, -0.05) is 28.1 Å². The third-order valence-electron chi connectivity index (χ3n) is 3.45. The first kappa shape index (κ1) is 15.2. The second-order valence-electron chi connectivity index (χ2n) is 4.82. The molecule has 0 saturated heterocycles. The third-order valence-corrected chi connectivity index (χ3v) is 5.00. The zero-order chi connectivity index (χ0) is 15.9. The number of hydrogen-bond acceptors (Lipinski definition) is 3. The van der Waals surface area contributed by atoms with Crippen LogP contribution in [-0.4, -0.2) is 16.2 Å². The molecule has 22 heavy (non-hydrogen) atoms. The fraction of sp³-hybridized carbons (Fsp3) is 0.200. The number of aromatic nitrogens is 2. The van der Waals surface area contributed by atoms with E-state index in [9.17, 15) is 14.0 Å². The van der Waals surface area contributed by atoms with Crippen molar-refractivity contribution < 1.29 is 4.39 Å². The number of benzene rings is 1. The number of rotatable bonds is 3. The lowest BCUT2D eigenvalue weighted by molar-refractivity contribution is 0.434. The third kappa shape index (κ3) is 2.44. The fourth-order valence-corrected chi connectivity index (χ4v) is 3.80. The molecule has 0 bridgehead atoms. The van der Waals surface area contributed by atoms with Gasteiger partial charge in [-0.05, 0) is 24.6 Å². The molecule has 114 valence electrons. The van der Waals surface area contributed by atoms with Gasteiger partial charge in [0.25, 0.3) is 5.56 Å². The maximum absolute atomic E-state index is 12.6. The van der Waals surface area contributed by atoms with Gasteiger partial charge in [0.15, 0.2) is 0 Å². The van der Waals surface area contributed by atoms with Crippen LogP contribution in [-0.2, 0) is 6.54 Å². The molecule has 0 atom stereocenters. The minimum absolute atomic E-state index is 0.237. The van der Waals surface area contributed by atoms with Gasteiger partial charge in [-0.15, -0.1) is 11.3 Å². The van der Waals surface area contributed by atoms with E-state index in [0.717, 1.165) is 25.0 Å². The Hall–Kier alpha value is -1.73. The van der Waals surface area contributed by atoms with Crippen LogP contribution in [0.3, 0.4) is 0 Å². The van der Waals surface area contributed by atoms with Crippen molar-refractivity contribution in [1.29, 1.82) is 0 Å². The van der Waals surface area contributed by atoms with Crippen LogP contribution in [0.1, 0.15) is 4.88 Å². The van der Waals surface area contributed by atoms with Crippen LogP contribution in [0.25, 0.3) is 21.3 Å². The predicted molar refractivity (Wildman–Crippen MR) is 90.6 cm³/mol. The van der Waals surface area contributed by atoms with Gasteiger partial charge < -0.3 is 0 Å². The standard InChI is InChI=1S/C15H12BrFN2O2S/c1-8-11(9-2-4-10(16)5-3-9)12-13(22-8)18-15(21)19(7-6-17)14(12)20/h2-5H,6-7H2,1H3,(H,18,21). The summed E-state index contributed by atoms with van der Waals surface area (Å²) >= 11 is 4.74. The first-order valence-electron chi connectivity index (χ1n) is 6.61. The molecule has 0 aliphatic rings. The average Bonchev–Trinajstić information content (AvgIpc) is 2.80. The van der Waals surface area contributed by atoms with E-state index in [2.05, 4.69) is 20.9 Å². The lowest BCUT2D eigenvalue weighted by Gasteiger charge is -2.04. The molecule has 0 fully saturated rings. The number of thiophene rings is 1. The largest absolute Gasteiger partial charge is 0.329 e. The Morgan fingerprint density at radius 2 is 1.95 bits per heavy atom. The average molecular weight is 383 g/mol. The lowest BCUT2D eigenvalue weighted by atomic mass is 10.0. The molecule has 0 aliphatic carbocycles. The van der Waals surface area contributed by atoms with Crippen molar-refractivity contribution in [3.05, 3.63) is 54.5 Å². The topological polar surface area (TPSA) is 54.9 Å². The second-order valence-corrected chi connectivity index (χ2v) is 6.96. The van der Waals surface area contributed by atoms with Crippen LogP contribution in [0, 0.1) is 6.92 Å². The van der Waals surface area contributed by atoms with Gasteiger partial charge in [0.2, 0.25) is 0 Å². The maximum Gasteiger partial charge on any atom is 0.329 e. The Labute approximate surface area is 137 Å². The van der Waals surface area contributed by atoms with Crippen LogP contribution < -0.4 is 11.2 Å². The molecule has 3 aromatic rings. The molecular weight excluding hydrogens is 371 g/mol. The minimum Gasteiger partial charge on any atom is -0.298 e. The van der Waals surface area contributed by atoms with E-state index < -0.39 is 17.9 Å². The van der Waals surface area contributed by atoms with Gasteiger partial charge in [0.05, 0.1) is 11.9 Å². The summed E-state index contributed by atoms with van der Waals surface area (Å²) < 4.78 is 14.5. The molecule has 0 saturated carbocycles. The number of halogens is 2.